The molecule has 0 bridgehead atoms. The number of hydrogen-bond donors (Lipinski definition) is 0. The molecule has 244 valence electrons. The van der Waals surface area contributed by atoms with Gasteiger partial charge in [-0.05, 0) is 45.3 Å². The Hall–Kier alpha value is -2.93. The summed E-state index contributed by atoms with van der Waals surface area (Å²) >= 11 is 6.82. The molecule has 0 aliphatic carbocycles. The summed E-state index contributed by atoms with van der Waals surface area (Å²) in [5.74, 6) is 0. The van der Waals surface area contributed by atoms with Crippen molar-refractivity contribution in [2.75, 3.05) is 0 Å². The number of rotatable bonds is 3. The van der Waals surface area contributed by atoms with Crippen molar-refractivity contribution < 1.29 is 9.31 Å². The van der Waals surface area contributed by atoms with Crippen molar-refractivity contribution in [3.05, 3.63) is 107 Å². The van der Waals surface area contributed by atoms with Gasteiger partial charge in [-0.2, -0.15) is 0 Å². The van der Waals surface area contributed by atoms with E-state index in [0.717, 1.165) is 58.7 Å². The zero-order valence-electron chi connectivity index (χ0n) is 25.8. The number of aromatic nitrogens is 7. The Bertz CT molecular complexity index is 1980. The van der Waals surface area contributed by atoms with Gasteiger partial charge in [-0.25, -0.2) is 0 Å². The molecule has 6 heterocycles. The topological polar surface area (TPSA) is 109 Å². The second-order valence-electron chi connectivity index (χ2n) is 11.5. The van der Waals surface area contributed by atoms with E-state index >= 15 is 0 Å². The molecular weight excluding hydrogens is 867 g/mol. The fourth-order valence-corrected chi connectivity index (χ4v) is 8.45. The molecule has 0 atom stereocenters. The van der Waals surface area contributed by atoms with Crippen LogP contribution in [-0.4, -0.2) is 79.1 Å². The normalized spacial score (nSPS) is 14.4. The molecule has 48 heavy (non-hydrogen) atoms. The van der Waals surface area contributed by atoms with E-state index in [2.05, 4.69) is 74.9 Å². The van der Waals surface area contributed by atoms with Crippen LogP contribution in [0.15, 0.2) is 107 Å². The van der Waals surface area contributed by atoms with Crippen molar-refractivity contribution in [2.45, 2.75) is 46.3 Å². The summed E-state index contributed by atoms with van der Waals surface area (Å²) in [6.07, 6.45) is 10.7. The van der Waals surface area contributed by atoms with Gasteiger partial charge >= 0.3 is 221 Å². The summed E-state index contributed by atoms with van der Waals surface area (Å²) in [7, 11) is -0.280. The van der Waals surface area contributed by atoms with Gasteiger partial charge in [0, 0.05) is 12.4 Å². The molecule has 9 nitrogen and oxygen atoms in total. The number of halogens is 2. The third-order valence-electron chi connectivity index (χ3n) is 7.95. The molecule has 2 aromatic carbocycles. The molecule has 0 radical (unpaired) electrons. The number of pyridine rings is 3. The fraction of sp³-hybridized carbons (Fsp3) is 0.206. The zero-order chi connectivity index (χ0) is 33.0. The number of nitrogens with zero attached hydrogens (tertiary/aromatic N) is 7. The molecule has 7 aromatic rings. The average molecular weight is 899 g/mol. The average Bonchev–Trinajstić information content (AvgIpc) is 3.83. The number of fused-ring (bicyclic) bond motifs is 2. The Morgan fingerprint density at radius 3 is 1.27 bits per heavy atom. The zero-order valence-corrected chi connectivity index (χ0v) is 32.4. The minimum absolute atomic E-state index is 0. The van der Waals surface area contributed by atoms with Gasteiger partial charge in [0.25, 0.3) is 0 Å². The molecular formula is C34H32BBr2N7O2Se2. The van der Waals surface area contributed by atoms with E-state index in [4.69, 9.17) is 9.31 Å². The van der Waals surface area contributed by atoms with Crippen molar-refractivity contribution in [3.8, 4) is 22.3 Å². The Morgan fingerprint density at radius 1 is 0.521 bits per heavy atom. The van der Waals surface area contributed by atoms with Gasteiger partial charge in [-0.3, -0.25) is 4.98 Å². The molecule has 0 N–H and O–H groups in total. The summed E-state index contributed by atoms with van der Waals surface area (Å²) in [4.78, 5) is 12.1. The predicted octanol–water partition coefficient (Wildman–Crippen LogP) is 7.04. The van der Waals surface area contributed by atoms with Crippen LogP contribution in [0.4, 0.5) is 0 Å². The van der Waals surface area contributed by atoms with E-state index in [1.807, 2.05) is 76.2 Å². The van der Waals surface area contributed by atoms with Gasteiger partial charge in [-0.1, -0.05) is 7.43 Å². The van der Waals surface area contributed by atoms with Crippen LogP contribution in [-0.2, 0) is 9.31 Å². The van der Waals surface area contributed by atoms with Gasteiger partial charge in [-0.15, -0.1) is 0 Å². The van der Waals surface area contributed by atoms with Crippen LogP contribution in [0.5, 0.6) is 0 Å². The van der Waals surface area contributed by atoms with Crippen LogP contribution in [0, 0.1) is 0 Å². The first-order valence-electron chi connectivity index (χ1n) is 14.5. The molecule has 0 spiro atoms. The minimum atomic E-state index is -0.280. The van der Waals surface area contributed by atoms with Crippen LogP contribution < -0.4 is 5.46 Å². The monoisotopic (exact) mass is 899 g/mol. The van der Waals surface area contributed by atoms with Crippen LogP contribution >= 0.6 is 31.9 Å². The third-order valence-corrected chi connectivity index (χ3v) is 11.4. The summed E-state index contributed by atoms with van der Waals surface area (Å²) in [6, 6.07) is 20.0. The first kappa shape index (κ1) is 36.4. The number of benzene rings is 2. The first-order valence-corrected chi connectivity index (χ1v) is 19.2. The molecule has 1 aliphatic heterocycles. The maximum absolute atomic E-state index is 5.90. The van der Waals surface area contributed by atoms with Gasteiger partial charge in [0.1, 0.15) is 0 Å². The first-order chi connectivity index (χ1) is 22.6. The molecule has 0 unspecified atom stereocenters. The van der Waals surface area contributed by atoms with E-state index in [9.17, 15) is 0 Å². The summed E-state index contributed by atoms with van der Waals surface area (Å²) in [5, 5.41) is 0. The van der Waals surface area contributed by atoms with E-state index in [1.54, 1.807) is 37.2 Å². The van der Waals surface area contributed by atoms with Gasteiger partial charge < -0.3 is 9.31 Å². The Kier molecular flexibility index (Phi) is 11.9. The van der Waals surface area contributed by atoms with Crippen molar-refractivity contribution in [1.29, 1.82) is 0 Å². The second-order valence-corrected chi connectivity index (χ2v) is 15.4. The predicted molar refractivity (Wildman–Crippen MR) is 202 cm³/mol. The molecule has 0 amide bonds. The van der Waals surface area contributed by atoms with Crippen LogP contribution in [0.3, 0.4) is 0 Å². The van der Waals surface area contributed by atoms with Crippen molar-refractivity contribution in [3.63, 3.8) is 0 Å². The summed E-state index contributed by atoms with van der Waals surface area (Å²) in [6.45, 7) is 8.20. The Morgan fingerprint density at radius 2 is 0.875 bits per heavy atom. The van der Waals surface area contributed by atoms with E-state index in [-0.39, 0.29) is 55.7 Å². The molecule has 1 fully saturated rings. The van der Waals surface area contributed by atoms with Gasteiger partial charge in [0.15, 0.2) is 0 Å². The van der Waals surface area contributed by atoms with Gasteiger partial charge in [0.2, 0.25) is 0 Å². The van der Waals surface area contributed by atoms with Gasteiger partial charge in [0.05, 0.1) is 11.2 Å². The Balaban J connectivity index is 0.000000147. The van der Waals surface area contributed by atoms with E-state index in [0.29, 0.717) is 0 Å². The number of hydrogen-bond acceptors (Lipinski definition) is 9. The van der Waals surface area contributed by atoms with Crippen LogP contribution in [0.1, 0.15) is 35.1 Å². The summed E-state index contributed by atoms with van der Waals surface area (Å²) in [5.41, 5.74) is 8.91. The third kappa shape index (κ3) is 7.93. The second kappa shape index (κ2) is 15.7. The molecule has 8 rings (SSSR count). The van der Waals surface area contributed by atoms with Crippen molar-refractivity contribution in [2.24, 2.45) is 0 Å². The molecule has 5 aromatic heterocycles. The molecule has 0 saturated carbocycles. The Labute approximate surface area is 309 Å². The quantitative estimate of drug-likeness (QED) is 0.173. The molecule has 1 aliphatic rings. The van der Waals surface area contributed by atoms with Crippen LogP contribution in [0.2, 0.25) is 0 Å². The maximum atomic E-state index is 5.90. The van der Waals surface area contributed by atoms with E-state index < -0.39 is 0 Å². The fourth-order valence-electron chi connectivity index (χ4n) is 4.70. The van der Waals surface area contributed by atoms with Crippen LogP contribution in [0.25, 0.3) is 44.3 Å². The van der Waals surface area contributed by atoms with Crippen molar-refractivity contribution in [1.82, 2.24) is 30.9 Å². The SMILES string of the molecule is Brc1ccc(Br)c2n[se]nc12.C.CC1(C)OB(c2ccncc2)OC1(C)C.c1cc(-c2ccc(-c3ccncc3)c3n[se]nc23)ccn1. The van der Waals surface area contributed by atoms with E-state index in [1.165, 1.54) is 0 Å². The molecule has 1 saturated heterocycles. The summed E-state index contributed by atoms with van der Waals surface area (Å²) < 4.78 is 31.7. The van der Waals surface area contributed by atoms with Crippen molar-refractivity contribution >= 4 is 96.4 Å². The molecule has 14 heteroatoms. The standard InChI is InChI=1S/C16H10N4Se.C11H16BNO2.C6H2Br2N2Se.CH4/c1-2-14(12-5-9-18-10-6-12)16-15(19-21-20-16)13(1)11-3-7-17-8-4-11;1-10(2)11(3,4)15-12(14-10)9-5-7-13-8-6-9;7-3-1-2-4(8)6-5(3)9-11-10-6;/h1-10H;5-8H,1-4H3;1-2H;1H4.